The molecule has 0 bridgehead atoms. The molecule has 1 heterocycles. The lowest BCUT2D eigenvalue weighted by atomic mass is 9.89. The van der Waals surface area contributed by atoms with Gasteiger partial charge in [-0.3, -0.25) is 0 Å². The van der Waals surface area contributed by atoms with Crippen LogP contribution in [0, 0.1) is 6.92 Å². The summed E-state index contributed by atoms with van der Waals surface area (Å²) in [6, 6.07) is 6.16. The molecule has 19 heavy (non-hydrogen) atoms. The van der Waals surface area contributed by atoms with Gasteiger partial charge in [0, 0.05) is 17.9 Å². The number of imidazole rings is 1. The van der Waals surface area contributed by atoms with Gasteiger partial charge in [-0.15, -0.1) is 0 Å². The number of hydrogen-bond acceptors (Lipinski definition) is 2. The van der Waals surface area contributed by atoms with E-state index in [9.17, 15) is 0 Å². The minimum absolute atomic E-state index is 0.188. The molecule has 2 aromatic rings. The molecule has 4 heteroatoms. The molecule has 1 saturated carbocycles. The molecule has 0 atom stereocenters. The Morgan fingerprint density at radius 1 is 1.32 bits per heavy atom. The largest absolute Gasteiger partial charge is 0.321 e. The Balaban J connectivity index is 2.01. The Labute approximate surface area is 118 Å². The molecule has 1 aromatic heterocycles. The first-order chi connectivity index (χ1) is 9.10. The fourth-order valence-electron chi connectivity index (χ4n) is 2.94. The van der Waals surface area contributed by atoms with Gasteiger partial charge in [-0.1, -0.05) is 30.5 Å². The Kier molecular flexibility index (Phi) is 3.11. The predicted molar refractivity (Wildman–Crippen MR) is 77.6 cm³/mol. The predicted octanol–water partition coefficient (Wildman–Crippen LogP) is 3.56. The molecule has 3 rings (SSSR count). The molecule has 0 aliphatic heterocycles. The van der Waals surface area contributed by atoms with Crippen LogP contribution >= 0.6 is 11.6 Å². The number of nitrogens with two attached hydrogens (primary N) is 1. The zero-order chi connectivity index (χ0) is 13.5. The molecule has 0 radical (unpaired) electrons. The average Bonchev–Trinajstić information content (AvgIpc) is 2.99. The molecule has 3 nitrogen and oxygen atoms in total. The standard InChI is InChI=1S/C15H18ClN3/c1-11-18-8-9-19(11)14-5-4-12(10-13(14)16)15(17)6-2-3-7-15/h4-5,8-10H,2-3,6-7,17H2,1H3. The summed E-state index contributed by atoms with van der Waals surface area (Å²) in [4.78, 5) is 4.23. The smallest absolute Gasteiger partial charge is 0.110 e. The zero-order valence-electron chi connectivity index (χ0n) is 11.1. The summed E-state index contributed by atoms with van der Waals surface area (Å²) < 4.78 is 1.99. The Hall–Kier alpha value is -1.32. The van der Waals surface area contributed by atoms with Gasteiger partial charge in [0.15, 0.2) is 0 Å². The first-order valence-electron chi connectivity index (χ1n) is 6.69. The summed E-state index contributed by atoms with van der Waals surface area (Å²) in [6.07, 6.45) is 8.21. The number of aryl methyl sites for hydroxylation is 1. The lowest BCUT2D eigenvalue weighted by Gasteiger charge is -2.25. The lowest BCUT2D eigenvalue weighted by Crippen LogP contribution is -2.33. The van der Waals surface area contributed by atoms with E-state index in [4.69, 9.17) is 17.3 Å². The third-order valence-electron chi connectivity index (χ3n) is 4.10. The van der Waals surface area contributed by atoms with E-state index in [1.165, 1.54) is 12.8 Å². The molecular formula is C15H18ClN3. The molecule has 100 valence electrons. The molecule has 1 aliphatic carbocycles. The second-order valence-corrected chi connectivity index (χ2v) is 5.78. The third-order valence-corrected chi connectivity index (χ3v) is 4.41. The van der Waals surface area contributed by atoms with Crippen LogP contribution < -0.4 is 5.73 Å². The number of rotatable bonds is 2. The van der Waals surface area contributed by atoms with Gasteiger partial charge in [0.25, 0.3) is 0 Å². The van der Waals surface area contributed by atoms with Crippen molar-refractivity contribution in [2.75, 3.05) is 0 Å². The zero-order valence-corrected chi connectivity index (χ0v) is 11.8. The second kappa shape index (κ2) is 4.66. The van der Waals surface area contributed by atoms with Gasteiger partial charge in [0.05, 0.1) is 10.7 Å². The van der Waals surface area contributed by atoms with E-state index in [-0.39, 0.29) is 5.54 Å². The van der Waals surface area contributed by atoms with Crippen LogP contribution in [0.25, 0.3) is 5.69 Å². The van der Waals surface area contributed by atoms with E-state index in [1.807, 2.05) is 29.8 Å². The van der Waals surface area contributed by atoms with E-state index in [2.05, 4.69) is 11.1 Å². The lowest BCUT2D eigenvalue weighted by molar-refractivity contribution is 0.462. The number of benzene rings is 1. The fourth-order valence-corrected chi connectivity index (χ4v) is 3.21. The number of aromatic nitrogens is 2. The van der Waals surface area contributed by atoms with Crippen LogP contribution in [0.2, 0.25) is 5.02 Å². The minimum atomic E-state index is -0.188. The van der Waals surface area contributed by atoms with Crippen LogP contribution in [0.15, 0.2) is 30.6 Å². The Bertz CT molecular complexity index is 597. The van der Waals surface area contributed by atoms with Crippen LogP contribution in [-0.2, 0) is 5.54 Å². The molecular weight excluding hydrogens is 258 g/mol. The Morgan fingerprint density at radius 2 is 2.05 bits per heavy atom. The normalized spacial score (nSPS) is 17.8. The molecule has 0 amide bonds. The molecule has 1 aliphatic rings. The van der Waals surface area contributed by atoms with Crippen LogP contribution in [0.4, 0.5) is 0 Å². The maximum absolute atomic E-state index is 6.47. The first-order valence-corrected chi connectivity index (χ1v) is 7.07. The maximum Gasteiger partial charge on any atom is 0.110 e. The van der Waals surface area contributed by atoms with E-state index < -0.39 is 0 Å². The van der Waals surface area contributed by atoms with Crippen molar-refractivity contribution in [3.63, 3.8) is 0 Å². The van der Waals surface area contributed by atoms with E-state index in [1.54, 1.807) is 6.20 Å². The van der Waals surface area contributed by atoms with Crippen LogP contribution in [0.5, 0.6) is 0 Å². The molecule has 2 N–H and O–H groups in total. The average molecular weight is 276 g/mol. The van der Waals surface area contributed by atoms with Gasteiger partial charge in [-0.05, 0) is 37.5 Å². The van der Waals surface area contributed by atoms with Gasteiger partial charge in [-0.2, -0.15) is 0 Å². The van der Waals surface area contributed by atoms with Crippen molar-refractivity contribution in [2.45, 2.75) is 38.1 Å². The maximum atomic E-state index is 6.47. The minimum Gasteiger partial charge on any atom is -0.321 e. The summed E-state index contributed by atoms with van der Waals surface area (Å²) in [7, 11) is 0. The van der Waals surface area contributed by atoms with E-state index in [0.717, 1.165) is 34.9 Å². The highest BCUT2D eigenvalue weighted by atomic mass is 35.5. The molecule has 1 aromatic carbocycles. The highest BCUT2D eigenvalue weighted by molar-refractivity contribution is 6.32. The summed E-state index contributed by atoms with van der Waals surface area (Å²) in [5.41, 5.74) is 8.39. The summed E-state index contributed by atoms with van der Waals surface area (Å²) in [5, 5.41) is 0.732. The number of halogens is 1. The van der Waals surface area contributed by atoms with E-state index >= 15 is 0 Å². The van der Waals surface area contributed by atoms with Gasteiger partial charge in [-0.25, -0.2) is 4.98 Å². The number of nitrogens with zero attached hydrogens (tertiary/aromatic N) is 2. The van der Waals surface area contributed by atoms with Crippen molar-refractivity contribution in [1.82, 2.24) is 9.55 Å². The van der Waals surface area contributed by atoms with Crippen molar-refractivity contribution in [2.24, 2.45) is 5.73 Å². The molecule has 0 spiro atoms. The summed E-state index contributed by atoms with van der Waals surface area (Å²) in [6.45, 7) is 1.96. The number of hydrogen-bond donors (Lipinski definition) is 1. The summed E-state index contributed by atoms with van der Waals surface area (Å²) >= 11 is 6.43. The van der Waals surface area contributed by atoms with Gasteiger partial charge in [0.1, 0.15) is 5.82 Å². The SMILES string of the molecule is Cc1nccn1-c1ccc(C2(N)CCCC2)cc1Cl. The monoisotopic (exact) mass is 275 g/mol. The van der Waals surface area contributed by atoms with Crippen LogP contribution in [0.3, 0.4) is 0 Å². The highest BCUT2D eigenvalue weighted by Gasteiger charge is 2.31. The first kappa shape index (κ1) is 12.7. The molecule has 0 unspecified atom stereocenters. The van der Waals surface area contributed by atoms with E-state index in [0.29, 0.717) is 0 Å². The van der Waals surface area contributed by atoms with Gasteiger partial charge in [0.2, 0.25) is 0 Å². The van der Waals surface area contributed by atoms with Crippen LogP contribution in [0.1, 0.15) is 37.1 Å². The molecule has 1 fully saturated rings. The topological polar surface area (TPSA) is 43.8 Å². The van der Waals surface area contributed by atoms with Crippen LogP contribution in [-0.4, -0.2) is 9.55 Å². The third kappa shape index (κ3) is 2.17. The fraction of sp³-hybridized carbons (Fsp3) is 0.400. The quantitative estimate of drug-likeness (QED) is 0.911. The summed E-state index contributed by atoms with van der Waals surface area (Å²) in [5.74, 6) is 0.929. The van der Waals surface area contributed by atoms with Crippen molar-refractivity contribution < 1.29 is 0 Å². The highest BCUT2D eigenvalue weighted by Crippen LogP contribution is 2.38. The van der Waals surface area contributed by atoms with Crippen molar-refractivity contribution in [3.8, 4) is 5.69 Å². The Morgan fingerprint density at radius 3 is 2.63 bits per heavy atom. The molecule has 0 saturated heterocycles. The van der Waals surface area contributed by atoms with Crippen molar-refractivity contribution >= 4 is 11.6 Å². The van der Waals surface area contributed by atoms with Crippen molar-refractivity contribution in [3.05, 3.63) is 47.0 Å². The van der Waals surface area contributed by atoms with Gasteiger partial charge < -0.3 is 10.3 Å². The van der Waals surface area contributed by atoms with Crippen molar-refractivity contribution in [1.29, 1.82) is 0 Å². The second-order valence-electron chi connectivity index (χ2n) is 5.37. The van der Waals surface area contributed by atoms with Gasteiger partial charge >= 0.3 is 0 Å².